The number of aliphatic imine (C=N–C) groups is 1. The van der Waals surface area contributed by atoms with E-state index in [4.69, 9.17) is 0 Å². The van der Waals surface area contributed by atoms with Crippen molar-refractivity contribution in [2.75, 3.05) is 26.7 Å². The molecule has 2 aromatic rings. The lowest BCUT2D eigenvalue weighted by Crippen LogP contribution is -2.47. The number of rotatable bonds is 4. The molecule has 5 nitrogen and oxygen atoms in total. The van der Waals surface area contributed by atoms with Crippen molar-refractivity contribution in [3.8, 4) is 0 Å². The van der Waals surface area contributed by atoms with Gasteiger partial charge < -0.3 is 10.2 Å². The third-order valence-electron chi connectivity index (χ3n) is 6.75. The predicted octanol–water partition coefficient (Wildman–Crippen LogP) is 3.83. The lowest BCUT2D eigenvalue weighted by molar-refractivity contribution is 0.288. The van der Waals surface area contributed by atoms with Crippen molar-refractivity contribution in [2.45, 2.75) is 49.9 Å². The predicted molar refractivity (Wildman–Crippen MR) is 115 cm³/mol. The average Bonchev–Trinajstić information content (AvgIpc) is 3.39. The highest BCUT2D eigenvalue weighted by molar-refractivity contribution is 5.80. The summed E-state index contributed by atoms with van der Waals surface area (Å²) in [7, 11) is 3.83. The molecule has 4 rings (SSSR count). The SMILES string of the molecule is CN=C(NCC1(c2ccc(F)cc2)CCCCC1)N1CCC(c2cnn(C)c2)C1. The molecule has 0 radical (unpaired) electrons. The van der Waals surface area contributed by atoms with E-state index in [9.17, 15) is 4.39 Å². The topological polar surface area (TPSA) is 45.5 Å². The zero-order valence-electron chi connectivity index (χ0n) is 17.6. The molecule has 2 heterocycles. The molecule has 1 saturated carbocycles. The summed E-state index contributed by atoms with van der Waals surface area (Å²) < 4.78 is 15.4. The first-order valence-electron chi connectivity index (χ1n) is 10.8. The Bertz CT molecular complexity index is 835. The number of halogens is 1. The molecule has 1 atom stereocenters. The summed E-state index contributed by atoms with van der Waals surface area (Å²) in [5.74, 6) is 1.31. The second kappa shape index (κ2) is 8.56. The number of aromatic nitrogens is 2. The van der Waals surface area contributed by atoms with Gasteiger partial charge in [0.25, 0.3) is 0 Å². The number of hydrogen-bond acceptors (Lipinski definition) is 2. The number of benzene rings is 1. The highest BCUT2D eigenvalue weighted by atomic mass is 19.1. The van der Waals surface area contributed by atoms with Gasteiger partial charge in [-0.1, -0.05) is 31.4 Å². The summed E-state index contributed by atoms with van der Waals surface area (Å²) in [6.45, 7) is 2.82. The Hall–Kier alpha value is -2.37. The van der Waals surface area contributed by atoms with Crippen molar-refractivity contribution in [3.05, 3.63) is 53.6 Å². The van der Waals surface area contributed by atoms with E-state index in [2.05, 4.69) is 26.5 Å². The Labute approximate surface area is 173 Å². The van der Waals surface area contributed by atoms with E-state index >= 15 is 0 Å². The molecular formula is C23H32FN5. The van der Waals surface area contributed by atoms with E-state index in [-0.39, 0.29) is 11.2 Å². The second-order valence-electron chi connectivity index (χ2n) is 8.63. The maximum atomic E-state index is 13.5. The summed E-state index contributed by atoms with van der Waals surface area (Å²) in [6.07, 6.45) is 11.2. The second-order valence-corrected chi connectivity index (χ2v) is 8.63. The van der Waals surface area contributed by atoms with Gasteiger partial charge in [-0.3, -0.25) is 9.67 Å². The lowest BCUT2D eigenvalue weighted by atomic mass is 9.69. The van der Waals surface area contributed by atoms with Gasteiger partial charge in [0.1, 0.15) is 5.82 Å². The minimum Gasteiger partial charge on any atom is -0.355 e. The highest BCUT2D eigenvalue weighted by Gasteiger charge is 2.35. The van der Waals surface area contributed by atoms with Crippen LogP contribution in [0, 0.1) is 5.82 Å². The molecule has 0 spiro atoms. The zero-order chi connectivity index (χ0) is 20.3. The zero-order valence-corrected chi connectivity index (χ0v) is 17.6. The summed E-state index contributed by atoms with van der Waals surface area (Å²) in [5.41, 5.74) is 2.61. The fraction of sp³-hybridized carbons (Fsp3) is 0.565. The molecular weight excluding hydrogens is 365 g/mol. The van der Waals surface area contributed by atoms with Crippen LogP contribution < -0.4 is 5.32 Å². The Morgan fingerprint density at radius 2 is 2.00 bits per heavy atom. The van der Waals surface area contributed by atoms with Gasteiger partial charge in [-0.2, -0.15) is 5.10 Å². The fourth-order valence-corrected chi connectivity index (χ4v) is 5.06. The number of aryl methyl sites for hydroxylation is 1. The molecule has 1 aliphatic carbocycles. The van der Waals surface area contributed by atoms with Crippen LogP contribution in [0.1, 0.15) is 55.6 Å². The van der Waals surface area contributed by atoms with Gasteiger partial charge in [0.15, 0.2) is 5.96 Å². The van der Waals surface area contributed by atoms with Crippen LogP contribution >= 0.6 is 0 Å². The lowest BCUT2D eigenvalue weighted by Gasteiger charge is -2.39. The van der Waals surface area contributed by atoms with Crippen LogP contribution in [-0.2, 0) is 12.5 Å². The molecule has 1 aliphatic heterocycles. The third kappa shape index (κ3) is 4.31. The van der Waals surface area contributed by atoms with Crippen molar-refractivity contribution in [3.63, 3.8) is 0 Å². The normalized spacial score (nSPS) is 22.1. The van der Waals surface area contributed by atoms with Gasteiger partial charge in [-0.05, 0) is 42.5 Å². The van der Waals surface area contributed by atoms with Crippen LogP contribution in [0.4, 0.5) is 4.39 Å². The maximum absolute atomic E-state index is 13.5. The minimum atomic E-state index is -0.165. The third-order valence-corrected chi connectivity index (χ3v) is 6.75. The van der Waals surface area contributed by atoms with E-state index in [1.807, 2.05) is 37.1 Å². The molecule has 0 amide bonds. The van der Waals surface area contributed by atoms with E-state index in [0.29, 0.717) is 5.92 Å². The van der Waals surface area contributed by atoms with Gasteiger partial charge in [-0.25, -0.2) is 4.39 Å². The Kier molecular flexibility index (Phi) is 5.88. The number of guanidine groups is 1. The largest absolute Gasteiger partial charge is 0.355 e. The van der Waals surface area contributed by atoms with Crippen molar-refractivity contribution in [2.24, 2.45) is 12.0 Å². The first-order valence-corrected chi connectivity index (χ1v) is 10.8. The van der Waals surface area contributed by atoms with E-state index in [1.165, 1.54) is 30.4 Å². The highest BCUT2D eigenvalue weighted by Crippen LogP contribution is 2.39. The van der Waals surface area contributed by atoms with Gasteiger partial charge in [-0.15, -0.1) is 0 Å². The van der Waals surface area contributed by atoms with Gasteiger partial charge >= 0.3 is 0 Å². The smallest absolute Gasteiger partial charge is 0.193 e. The summed E-state index contributed by atoms with van der Waals surface area (Å²) in [6, 6.07) is 7.14. The molecule has 156 valence electrons. The van der Waals surface area contributed by atoms with Crippen LogP contribution in [0.2, 0.25) is 0 Å². The van der Waals surface area contributed by atoms with Crippen molar-refractivity contribution >= 4 is 5.96 Å². The molecule has 0 bridgehead atoms. The molecule has 1 aromatic carbocycles. The molecule has 6 heteroatoms. The standard InChI is InChI=1S/C23H32FN5/c1-25-22(29-13-10-18(16-29)19-14-27-28(2)15-19)26-17-23(11-4-3-5-12-23)20-6-8-21(24)9-7-20/h6-9,14-15,18H,3-5,10-13,16-17H2,1-2H3,(H,25,26). The number of hydrogen-bond donors (Lipinski definition) is 1. The van der Waals surface area contributed by atoms with E-state index < -0.39 is 0 Å². The van der Waals surface area contributed by atoms with Crippen molar-refractivity contribution in [1.82, 2.24) is 20.0 Å². The number of nitrogens with zero attached hydrogens (tertiary/aromatic N) is 4. The molecule has 1 N–H and O–H groups in total. The summed E-state index contributed by atoms with van der Waals surface area (Å²) >= 11 is 0. The Balaban J connectivity index is 1.44. The first-order chi connectivity index (χ1) is 14.1. The van der Waals surface area contributed by atoms with Crippen LogP contribution in [0.25, 0.3) is 0 Å². The van der Waals surface area contributed by atoms with Crippen LogP contribution in [-0.4, -0.2) is 47.3 Å². The molecule has 2 aliphatic rings. The van der Waals surface area contributed by atoms with E-state index in [1.54, 1.807) is 12.1 Å². The van der Waals surface area contributed by atoms with Crippen LogP contribution in [0.3, 0.4) is 0 Å². The van der Waals surface area contributed by atoms with Gasteiger partial charge in [0, 0.05) is 51.3 Å². The van der Waals surface area contributed by atoms with Crippen molar-refractivity contribution in [1.29, 1.82) is 0 Å². The van der Waals surface area contributed by atoms with Crippen LogP contribution in [0.5, 0.6) is 0 Å². The molecule has 2 fully saturated rings. The van der Waals surface area contributed by atoms with Gasteiger partial charge in [0.05, 0.1) is 6.20 Å². The molecule has 1 unspecified atom stereocenters. The molecule has 1 aromatic heterocycles. The summed E-state index contributed by atoms with van der Waals surface area (Å²) in [4.78, 5) is 6.94. The number of likely N-dealkylation sites (tertiary alicyclic amines) is 1. The van der Waals surface area contributed by atoms with Crippen molar-refractivity contribution < 1.29 is 4.39 Å². The average molecular weight is 398 g/mol. The number of nitrogens with one attached hydrogen (secondary N) is 1. The van der Waals surface area contributed by atoms with Crippen LogP contribution in [0.15, 0.2) is 41.7 Å². The molecule has 1 saturated heterocycles. The van der Waals surface area contributed by atoms with E-state index in [0.717, 1.165) is 44.9 Å². The summed E-state index contributed by atoms with van der Waals surface area (Å²) in [5, 5.41) is 8.00. The maximum Gasteiger partial charge on any atom is 0.193 e. The van der Waals surface area contributed by atoms with Gasteiger partial charge in [0.2, 0.25) is 0 Å². The fourth-order valence-electron chi connectivity index (χ4n) is 5.06. The minimum absolute atomic E-state index is 0.0599. The quantitative estimate of drug-likeness (QED) is 0.630. The molecule has 29 heavy (non-hydrogen) atoms. The Morgan fingerprint density at radius 3 is 2.66 bits per heavy atom. The Morgan fingerprint density at radius 1 is 1.24 bits per heavy atom. The first kappa shape index (κ1) is 19.9. The monoisotopic (exact) mass is 397 g/mol.